The molecule has 0 spiro atoms. The van der Waals surface area contributed by atoms with E-state index in [1.54, 1.807) is 14.2 Å². The molecule has 0 aliphatic heterocycles. The first-order valence-corrected chi connectivity index (χ1v) is 7.90. The first-order valence-electron chi connectivity index (χ1n) is 6.30. The number of benzene rings is 2. The second kappa shape index (κ2) is 6.91. The van der Waals surface area contributed by atoms with E-state index in [9.17, 15) is 0 Å². The van der Waals surface area contributed by atoms with Crippen molar-refractivity contribution in [3.05, 3.63) is 56.5 Å². The summed E-state index contributed by atoms with van der Waals surface area (Å²) >= 11 is 16.2. The normalized spacial score (nSPS) is 12.1. The minimum Gasteiger partial charge on any atom is -0.495 e. The van der Waals surface area contributed by atoms with Crippen molar-refractivity contribution in [3.63, 3.8) is 0 Å². The van der Waals surface area contributed by atoms with Crippen LogP contribution < -0.4 is 9.47 Å². The minimum atomic E-state index is -0.360. The Morgan fingerprint density at radius 1 is 1.05 bits per heavy atom. The average Bonchev–Trinajstić information content (AvgIpc) is 2.48. The summed E-state index contributed by atoms with van der Waals surface area (Å²) in [4.78, 5) is 0. The molecule has 1 unspecified atom stereocenters. The van der Waals surface area contributed by atoms with Crippen LogP contribution in [0.15, 0.2) is 34.8 Å². The van der Waals surface area contributed by atoms with E-state index in [0.29, 0.717) is 16.5 Å². The summed E-state index contributed by atoms with van der Waals surface area (Å²) in [5, 5.41) is 0.300. The van der Waals surface area contributed by atoms with Gasteiger partial charge in [0, 0.05) is 10.6 Å². The lowest BCUT2D eigenvalue weighted by Gasteiger charge is -2.19. The molecular formula is C16H15BrCl2O2. The van der Waals surface area contributed by atoms with Gasteiger partial charge in [-0.3, -0.25) is 0 Å². The summed E-state index contributed by atoms with van der Waals surface area (Å²) in [6.45, 7) is 2.01. The number of aryl methyl sites for hydroxylation is 1. The Labute approximate surface area is 143 Å². The maximum absolute atomic E-state index is 6.66. The van der Waals surface area contributed by atoms with Crippen LogP contribution in [0, 0.1) is 6.92 Å². The van der Waals surface area contributed by atoms with E-state index in [1.165, 1.54) is 0 Å². The number of ether oxygens (including phenoxy) is 2. The van der Waals surface area contributed by atoms with Crippen molar-refractivity contribution in [2.45, 2.75) is 12.3 Å². The maximum atomic E-state index is 6.66. The Morgan fingerprint density at radius 3 is 2.38 bits per heavy atom. The van der Waals surface area contributed by atoms with Crippen LogP contribution in [0.3, 0.4) is 0 Å². The van der Waals surface area contributed by atoms with Crippen molar-refractivity contribution in [1.82, 2.24) is 0 Å². The zero-order valence-corrected chi connectivity index (χ0v) is 15.0. The van der Waals surface area contributed by atoms with Gasteiger partial charge in [-0.1, -0.05) is 17.7 Å². The lowest BCUT2D eigenvalue weighted by atomic mass is 9.99. The van der Waals surface area contributed by atoms with E-state index in [4.69, 9.17) is 32.7 Å². The molecule has 0 aromatic heterocycles. The molecule has 0 heterocycles. The van der Waals surface area contributed by atoms with Crippen molar-refractivity contribution in [2.75, 3.05) is 14.2 Å². The zero-order chi connectivity index (χ0) is 15.6. The second-order valence-corrected chi connectivity index (χ2v) is 6.23. The van der Waals surface area contributed by atoms with Crippen LogP contribution in [-0.4, -0.2) is 14.2 Å². The Morgan fingerprint density at radius 2 is 1.76 bits per heavy atom. The van der Waals surface area contributed by atoms with Gasteiger partial charge in [-0.15, -0.1) is 11.6 Å². The van der Waals surface area contributed by atoms with Crippen LogP contribution in [0.1, 0.15) is 22.1 Å². The molecule has 0 aliphatic carbocycles. The maximum Gasteiger partial charge on any atom is 0.141 e. The van der Waals surface area contributed by atoms with Gasteiger partial charge in [-0.2, -0.15) is 0 Å². The van der Waals surface area contributed by atoms with Gasteiger partial charge >= 0.3 is 0 Å². The van der Waals surface area contributed by atoms with Crippen LogP contribution in [0.4, 0.5) is 0 Å². The Balaban J connectivity index is 2.55. The van der Waals surface area contributed by atoms with Crippen molar-refractivity contribution in [1.29, 1.82) is 0 Å². The molecule has 0 fully saturated rings. The van der Waals surface area contributed by atoms with Crippen molar-refractivity contribution >= 4 is 39.1 Å². The van der Waals surface area contributed by atoms with Crippen LogP contribution in [0.5, 0.6) is 11.5 Å². The van der Waals surface area contributed by atoms with Gasteiger partial charge < -0.3 is 9.47 Å². The molecule has 0 amide bonds. The predicted molar refractivity (Wildman–Crippen MR) is 91.1 cm³/mol. The largest absolute Gasteiger partial charge is 0.495 e. The molecule has 21 heavy (non-hydrogen) atoms. The third kappa shape index (κ3) is 3.31. The number of alkyl halides is 1. The van der Waals surface area contributed by atoms with Gasteiger partial charge in [-0.05, 0) is 58.2 Å². The number of rotatable bonds is 4. The summed E-state index contributed by atoms with van der Waals surface area (Å²) < 4.78 is 11.5. The molecule has 0 saturated heterocycles. The van der Waals surface area contributed by atoms with E-state index < -0.39 is 0 Å². The SMILES string of the molecule is COc1ccc(C(Cl)c2cc(Cl)ccc2C)c(OC)c1Br. The highest BCUT2D eigenvalue weighted by Gasteiger charge is 2.21. The van der Waals surface area contributed by atoms with Crippen LogP contribution in [0.25, 0.3) is 0 Å². The smallest absolute Gasteiger partial charge is 0.141 e. The average molecular weight is 390 g/mol. The molecular weight excluding hydrogens is 375 g/mol. The molecule has 2 rings (SSSR count). The summed E-state index contributed by atoms with van der Waals surface area (Å²) in [7, 11) is 3.22. The third-order valence-corrected chi connectivity index (χ3v) is 4.76. The quantitative estimate of drug-likeness (QED) is 0.619. The van der Waals surface area contributed by atoms with E-state index in [1.807, 2.05) is 37.3 Å². The first kappa shape index (κ1) is 16.5. The molecule has 0 radical (unpaired) electrons. The molecule has 112 valence electrons. The summed E-state index contributed by atoms with van der Waals surface area (Å²) in [5.74, 6) is 1.36. The molecule has 0 saturated carbocycles. The van der Waals surface area contributed by atoms with Gasteiger partial charge in [0.1, 0.15) is 16.0 Å². The standard InChI is InChI=1S/C16H15BrCl2O2/c1-9-4-5-10(18)8-12(9)15(19)11-6-7-13(20-2)14(17)16(11)21-3/h4-8,15H,1-3H3. The fourth-order valence-electron chi connectivity index (χ4n) is 2.17. The van der Waals surface area contributed by atoms with E-state index >= 15 is 0 Å². The van der Waals surface area contributed by atoms with Crippen molar-refractivity contribution < 1.29 is 9.47 Å². The number of hydrogen-bond donors (Lipinski definition) is 0. The fourth-order valence-corrected chi connectivity index (χ4v) is 3.44. The Bertz CT molecular complexity index is 659. The van der Waals surface area contributed by atoms with E-state index in [2.05, 4.69) is 15.9 Å². The number of hydrogen-bond acceptors (Lipinski definition) is 2. The summed E-state index contributed by atoms with van der Waals surface area (Å²) in [5.41, 5.74) is 2.89. The molecule has 0 bridgehead atoms. The molecule has 2 aromatic carbocycles. The van der Waals surface area contributed by atoms with Gasteiger partial charge in [0.15, 0.2) is 0 Å². The topological polar surface area (TPSA) is 18.5 Å². The summed E-state index contributed by atoms with van der Waals surface area (Å²) in [6, 6.07) is 9.45. The zero-order valence-electron chi connectivity index (χ0n) is 11.9. The predicted octanol–water partition coefficient (Wildman–Crippen LogP) is 5.76. The fraction of sp³-hybridized carbons (Fsp3) is 0.250. The molecule has 2 nitrogen and oxygen atoms in total. The number of halogens is 3. The van der Waals surface area contributed by atoms with Gasteiger partial charge in [0.2, 0.25) is 0 Å². The third-order valence-electron chi connectivity index (χ3n) is 3.30. The number of methoxy groups -OCH3 is 2. The Kier molecular flexibility index (Phi) is 5.42. The second-order valence-electron chi connectivity index (χ2n) is 4.57. The minimum absolute atomic E-state index is 0.360. The van der Waals surface area contributed by atoms with Crippen molar-refractivity contribution in [2.24, 2.45) is 0 Å². The van der Waals surface area contributed by atoms with Gasteiger partial charge in [0.25, 0.3) is 0 Å². The van der Waals surface area contributed by atoms with Crippen LogP contribution in [-0.2, 0) is 0 Å². The van der Waals surface area contributed by atoms with E-state index in [0.717, 1.165) is 21.2 Å². The van der Waals surface area contributed by atoms with E-state index in [-0.39, 0.29) is 5.38 Å². The molecule has 5 heteroatoms. The van der Waals surface area contributed by atoms with Crippen LogP contribution in [0.2, 0.25) is 5.02 Å². The molecule has 0 aliphatic rings. The molecule has 2 aromatic rings. The van der Waals surface area contributed by atoms with Gasteiger partial charge in [0.05, 0.1) is 19.6 Å². The molecule has 1 atom stereocenters. The highest BCUT2D eigenvalue weighted by Crippen LogP contribution is 2.44. The highest BCUT2D eigenvalue weighted by molar-refractivity contribution is 9.10. The monoisotopic (exact) mass is 388 g/mol. The van der Waals surface area contributed by atoms with Crippen LogP contribution >= 0.6 is 39.1 Å². The van der Waals surface area contributed by atoms with Gasteiger partial charge in [-0.25, -0.2) is 0 Å². The highest BCUT2D eigenvalue weighted by atomic mass is 79.9. The van der Waals surface area contributed by atoms with Crippen molar-refractivity contribution in [3.8, 4) is 11.5 Å². The first-order chi connectivity index (χ1) is 9.99. The summed E-state index contributed by atoms with van der Waals surface area (Å²) in [6.07, 6.45) is 0. The Hall–Kier alpha value is -0.900. The lowest BCUT2D eigenvalue weighted by Crippen LogP contribution is -2.01. The lowest BCUT2D eigenvalue weighted by molar-refractivity contribution is 0.386. The molecule has 0 N–H and O–H groups in total.